The van der Waals surface area contributed by atoms with Gasteiger partial charge in [-0.25, -0.2) is 9.48 Å². The molecule has 0 saturated heterocycles. The molecule has 0 aliphatic rings. The lowest BCUT2D eigenvalue weighted by Gasteiger charge is -2.19. The van der Waals surface area contributed by atoms with Gasteiger partial charge in [-0.3, -0.25) is 9.36 Å². The standard InChI is InChI=1S/C28H39N3O4/c1-7-17-30-25(29-31(27(30)34)20-22(4)12-11-21(3)8-2)10-9-18-35-24-15-13-23(14-16-24)19-28(5,6)26(32)33/h8,11-16H,4,7,9-10,17-20H2,1-3,5-6H3,(H,32,33)/b12-11-,21-8-. The Morgan fingerprint density at radius 2 is 1.91 bits per heavy atom. The van der Waals surface area contributed by atoms with Crippen LogP contribution in [0.15, 0.2) is 65.0 Å². The SMILES string of the molecule is C=C(/C=C\C(C)=C/C)Cn1nc(CCCOc2ccc(CC(C)(C)C(=O)O)cc2)n(CCC)c1=O. The van der Waals surface area contributed by atoms with Crippen LogP contribution in [0.4, 0.5) is 0 Å². The van der Waals surface area contributed by atoms with E-state index in [4.69, 9.17) is 4.74 Å². The van der Waals surface area contributed by atoms with Gasteiger partial charge in [-0.15, -0.1) is 0 Å². The van der Waals surface area contributed by atoms with Gasteiger partial charge in [0.1, 0.15) is 11.6 Å². The number of aromatic nitrogens is 3. The van der Waals surface area contributed by atoms with E-state index in [9.17, 15) is 14.7 Å². The maximum Gasteiger partial charge on any atom is 0.346 e. The fourth-order valence-corrected chi connectivity index (χ4v) is 3.52. The number of carboxylic acid groups (broad SMARTS) is 1. The molecule has 1 aromatic carbocycles. The van der Waals surface area contributed by atoms with E-state index in [0.29, 0.717) is 32.5 Å². The molecule has 1 heterocycles. The van der Waals surface area contributed by atoms with Gasteiger partial charge in [-0.05, 0) is 70.2 Å². The molecule has 2 rings (SSSR count). The normalized spacial score (nSPS) is 12.3. The topological polar surface area (TPSA) is 86.3 Å². The van der Waals surface area contributed by atoms with Gasteiger partial charge in [0, 0.05) is 13.0 Å². The van der Waals surface area contributed by atoms with Crippen LogP contribution >= 0.6 is 0 Å². The van der Waals surface area contributed by atoms with Gasteiger partial charge in [0.05, 0.1) is 18.6 Å². The van der Waals surface area contributed by atoms with E-state index in [1.54, 1.807) is 18.4 Å². The average Bonchev–Trinajstić information content (AvgIpc) is 3.10. The number of benzene rings is 1. The molecule has 0 aliphatic carbocycles. The molecule has 1 N–H and O–H groups in total. The highest BCUT2D eigenvalue weighted by Gasteiger charge is 2.27. The molecule has 0 spiro atoms. The molecule has 7 nitrogen and oxygen atoms in total. The molecule has 0 fully saturated rings. The van der Waals surface area contributed by atoms with Crippen LogP contribution in [0.25, 0.3) is 0 Å². The first kappa shape index (κ1) is 27.9. The molecule has 35 heavy (non-hydrogen) atoms. The molecule has 2 aromatic rings. The van der Waals surface area contributed by atoms with Crippen molar-refractivity contribution in [3.05, 3.63) is 82.1 Å². The number of allylic oxidation sites excluding steroid dienone is 5. The summed E-state index contributed by atoms with van der Waals surface area (Å²) < 4.78 is 9.09. The first-order valence-electron chi connectivity index (χ1n) is 12.2. The second kappa shape index (κ2) is 12.9. The third kappa shape index (κ3) is 8.42. The zero-order valence-electron chi connectivity index (χ0n) is 21.7. The smallest absolute Gasteiger partial charge is 0.346 e. The van der Waals surface area contributed by atoms with Crippen LogP contribution in [0.5, 0.6) is 5.75 Å². The van der Waals surface area contributed by atoms with Crippen LogP contribution in [0, 0.1) is 5.41 Å². The molecule has 0 aliphatic heterocycles. The van der Waals surface area contributed by atoms with Crippen molar-refractivity contribution in [2.75, 3.05) is 6.61 Å². The fourth-order valence-electron chi connectivity index (χ4n) is 3.52. The monoisotopic (exact) mass is 481 g/mol. The van der Waals surface area contributed by atoms with E-state index in [-0.39, 0.29) is 5.69 Å². The van der Waals surface area contributed by atoms with E-state index in [0.717, 1.165) is 41.1 Å². The van der Waals surface area contributed by atoms with E-state index >= 15 is 0 Å². The van der Waals surface area contributed by atoms with Crippen molar-refractivity contribution >= 4 is 5.97 Å². The summed E-state index contributed by atoms with van der Waals surface area (Å²) in [7, 11) is 0. The number of hydrogen-bond acceptors (Lipinski definition) is 4. The Hall–Kier alpha value is -3.35. The van der Waals surface area contributed by atoms with E-state index in [2.05, 4.69) is 11.7 Å². The molecule has 0 bridgehead atoms. The lowest BCUT2D eigenvalue weighted by atomic mass is 9.86. The summed E-state index contributed by atoms with van der Waals surface area (Å²) in [4.78, 5) is 24.2. The van der Waals surface area contributed by atoms with Crippen molar-refractivity contribution in [3.63, 3.8) is 0 Å². The molecule has 190 valence electrons. The predicted molar refractivity (Wildman–Crippen MR) is 140 cm³/mol. The number of aryl methyl sites for hydroxylation is 1. The largest absolute Gasteiger partial charge is 0.494 e. The minimum atomic E-state index is -0.814. The Morgan fingerprint density at radius 3 is 2.51 bits per heavy atom. The van der Waals surface area contributed by atoms with Crippen LogP contribution in [0.2, 0.25) is 0 Å². The first-order chi connectivity index (χ1) is 16.6. The molecular weight excluding hydrogens is 442 g/mol. The van der Waals surface area contributed by atoms with Crippen LogP contribution < -0.4 is 10.4 Å². The number of rotatable bonds is 14. The Balaban J connectivity index is 1.95. The predicted octanol–water partition coefficient (Wildman–Crippen LogP) is 5.20. The zero-order valence-corrected chi connectivity index (χ0v) is 21.7. The lowest BCUT2D eigenvalue weighted by Crippen LogP contribution is -2.26. The van der Waals surface area contributed by atoms with Crippen LogP contribution in [0.1, 0.15) is 58.8 Å². The van der Waals surface area contributed by atoms with Gasteiger partial charge in [0.25, 0.3) is 0 Å². The van der Waals surface area contributed by atoms with Crippen molar-refractivity contribution in [1.82, 2.24) is 14.3 Å². The van der Waals surface area contributed by atoms with Gasteiger partial charge in [0.2, 0.25) is 0 Å². The highest BCUT2D eigenvalue weighted by molar-refractivity contribution is 5.74. The summed E-state index contributed by atoms with van der Waals surface area (Å²) >= 11 is 0. The highest BCUT2D eigenvalue weighted by Crippen LogP contribution is 2.23. The summed E-state index contributed by atoms with van der Waals surface area (Å²) in [5.41, 5.74) is 1.99. The molecule has 7 heteroatoms. The zero-order chi connectivity index (χ0) is 26.0. The van der Waals surface area contributed by atoms with E-state index < -0.39 is 11.4 Å². The highest BCUT2D eigenvalue weighted by atomic mass is 16.5. The third-order valence-corrected chi connectivity index (χ3v) is 5.80. The van der Waals surface area contributed by atoms with Crippen LogP contribution in [0.3, 0.4) is 0 Å². The molecule has 0 unspecified atom stereocenters. The van der Waals surface area contributed by atoms with Crippen molar-refractivity contribution in [1.29, 1.82) is 0 Å². The quantitative estimate of drug-likeness (QED) is 0.296. The van der Waals surface area contributed by atoms with Crippen molar-refractivity contribution < 1.29 is 14.6 Å². The van der Waals surface area contributed by atoms with Crippen molar-refractivity contribution in [2.24, 2.45) is 5.41 Å². The Morgan fingerprint density at radius 1 is 1.23 bits per heavy atom. The maximum absolute atomic E-state index is 12.9. The molecular formula is C28H39N3O4. The van der Waals surface area contributed by atoms with Gasteiger partial charge < -0.3 is 9.84 Å². The van der Waals surface area contributed by atoms with Crippen molar-refractivity contribution in [3.8, 4) is 5.75 Å². The van der Waals surface area contributed by atoms with Crippen LogP contribution in [-0.4, -0.2) is 32.0 Å². The summed E-state index contributed by atoms with van der Waals surface area (Å²) in [6, 6.07) is 7.53. The van der Waals surface area contributed by atoms with Gasteiger partial charge in [0.15, 0.2) is 0 Å². The Kier molecular flexibility index (Phi) is 10.3. The number of carboxylic acids is 1. The van der Waals surface area contributed by atoms with Crippen molar-refractivity contribution in [2.45, 2.75) is 73.4 Å². The number of nitrogens with zero attached hydrogens (tertiary/aromatic N) is 3. The van der Waals surface area contributed by atoms with Gasteiger partial charge in [-0.2, -0.15) is 5.10 Å². The Labute approximate surface area is 208 Å². The van der Waals surface area contributed by atoms with E-state index in [1.165, 1.54) is 4.68 Å². The first-order valence-corrected chi connectivity index (χ1v) is 12.2. The molecule has 0 atom stereocenters. The van der Waals surface area contributed by atoms with Gasteiger partial charge in [-0.1, -0.05) is 49.4 Å². The summed E-state index contributed by atoms with van der Waals surface area (Å²) in [5, 5.41) is 13.9. The number of aliphatic carboxylic acids is 1. The Bertz CT molecular complexity index is 1120. The maximum atomic E-state index is 12.9. The second-order valence-corrected chi connectivity index (χ2v) is 9.49. The summed E-state index contributed by atoms with van der Waals surface area (Å²) in [6.07, 6.45) is 8.57. The molecule has 0 radical (unpaired) electrons. The number of ether oxygens (including phenoxy) is 1. The number of carbonyl (C=O) groups is 1. The number of hydrogen-bond donors (Lipinski definition) is 1. The second-order valence-electron chi connectivity index (χ2n) is 9.49. The molecule has 0 saturated carbocycles. The third-order valence-electron chi connectivity index (χ3n) is 5.80. The lowest BCUT2D eigenvalue weighted by molar-refractivity contribution is -0.146. The van der Waals surface area contributed by atoms with E-state index in [1.807, 2.05) is 63.3 Å². The average molecular weight is 482 g/mol. The van der Waals surface area contributed by atoms with Crippen LogP contribution in [-0.2, 0) is 30.7 Å². The molecule has 0 amide bonds. The minimum Gasteiger partial charge on any atom is -0.494 e. The minimum absolute atomic E-state index is 0.111. The fraction of sp³-hybridized carbons (Fsp3) is 0.464. The van der Waals surface area contributed by atoms with Gasteiger partial charge >= 0.3 is 11.7 Å². The summed E-state index contributed by atoms with van der Waals surface area (Å²) in [6.45, 7) is 15.0. The summed E-state index contributed by atoms with van der Waals surface area (Å²) in [5.74, 6) is 0.678. The molecule has 1 aromatic heterocycles.